The molecule has 0 saturated carbocycles. The molecule has 2 amide bonds. The molecule has 2 aromatic carbocycles. The molecule has 1 aliphatic heterocycles. The first-order chi connectivity index (χ1) is 21.4. The lowest BCUT2D eigenvalue weighted by Gasteiger charge is -2.39. The smallest absolute Gasteiger partial charge is 0.416 e. The summed E-state index contributed by atoms with van der Waals surface area (Å²) >= 11 is 0. The molecular formula is C32H33F9N2O4. The van der Waals surface area contributed by atoms with Gasteiger partial charge in [-0.25, -0.2) is 4.79 Å². The quantitative estimate of drug-likeness (QED) is 0.274. The molecule has 258 valence electrons. The van der Waals surface area contributed by atoms with Crippen molar-refractivity contribution in [3.05, 3.63) is 64.2 Å². The third kappa shape index (κ3) is 7.81. The van der Waals surface area contributed by atoms with Gasteiger partial charge in [0.15, 0.2) is 0 Å². The van der Waals surface area contributed by atoms with Gasteiger partial charge in [-0.1, -0.05) is 13.8 Å². The molecule has 4 rings (SSSR count). The van der Waals surface area contributed by atoms with Crippen LogP contribution in [0.2, 0.25) is 0 Å². The van der Waals surface area contributed by atoms with Gasteiger partial charge in [0.25, 0.3) is 0 Å². The number of rotatable bonds is 7. The summed E-state index contributed by atoms with van der Waals surface area (Å²) < 4.78 is 132. The number of ether oxygens (including phenoxy) is 2. The molecule has 47 heavy (non-hydrogen) atoms. The SMILES string of the molecule is COc1ccc(N(C)C(=O)CC(F)(F)F)cc1C1=C(CN2C(=O)OCC2(C)c2cc(C(F)(F)F)cc(C(F)(F)F)c2)CC(C)(C)CC1. The van der Waals surface area contributed by atoms with E-state index in [2.05, 4.69) is 0 Å². The average Bonchev–Trinajstić information content (AvgIpc) is 3.24. The molecule has 1 unspecified atom stereocenters. The van der Waals surface area contributed by atoms with E-state index < -0.39 is 65.8 Å². The van der Waals surface area contributed by atoms with Gasteiger partial charge in [-0.05, 0) is 84.7 Å². The van der Waals surface area contributed by atoms with Gasteiger partial charge in [-0.15, -0.1) is 0 Å². The number of hydrogen-bond donors (Lipinski definition) is 0. The van der Waals surface area contributed by atoms with Crippen molar-refractivity contribution >= 4 is 23.3 Å². The zero-order valence-corrected chi connectivity index (χ0v) is 26.1. The van der Waals surface area contributed by atoms with E-state index in [0.29, 0.717) is 53.9 Å². The molecule has 0 bridgehead atoms. The molecule has 0 radical (unpaired) electrons. The molecule has 0 N–H and O–H groups in total. The summed E-state index contributed by atoms with van der Waals surface area (Å²) in [6, 6.07) is 5.51. The summed E-state index contributed by atoms with van der Waals surface area (Å²) in [5.41, 5.74) is -3.84. The lowest BCUT2D eigenvalue weighted by Crippen LogP contribution is -2.44. The number of hydrogen-bond acceptors (Lipinski definition) is 4. The van der Waals surface area contributed by atoms with Gasteiger partial charge >= 0.3 is 24.6 Å². The number of anilines is 1. The number of halogens is 9. The molecule has 0 spiro atoms. The van der Waals surface area contributed by atoms with Gasteiger partial charge in [-0.2, -0.15) is 39.5 Å². The Kier molecular flexibility index (Phi) is 9.38. The van der Waals surface area contributed by atoms with Gasteiger partial charge in [0.1, 0.15) is 24.3 Å². The lowest BCUT2D eigenvalue weighted by atomic mass is 9.72. The van der Waals surface area contributed by atoms with Crippen LogP contribution in [0.25, 0.3) is 5.57 Å². The van der Waals surface area contributed by atoms with Gasteiger partial charge < -0.3 is 14.4 Å². The van der Waals surface area contributed by atoms with E-state index in [1.165, 1.54) is 39.3 Å². The molecule has 1 heterocycles. The summed E-state index contributed by atoms with van der Waals surface area (Å²) in [4.78, 5) is 27.4. The summed E-state index contributed by atoms with van der Waals surface area (Å²) in [7, 11) is 2.56. The van der Waals surface area contributed by atoms with E-state index in [-0.39, 0.29) is 23.7 Å². The van der Waals surface area contributed by atoms with Crippen LogP contribution in [0.1, 0.15) is 68.7 Å². The van der Waals surface area contributed by atoms with Crippen molar-refractivity contribution in [2.24, 2.45) is 5.41 Å². The molecule has 1 aliphatic carbocycles. The van der Waals surface area contributed by atoms with E-state index >= 15 is 0 Å². The number of amides is 2. The van der Waals surface area contributed by atoms with Crippen LogP contribution >= 0.6 is 0 Å². The number of methoxy groups -OCH3 is 1. The van der Waals surface area contributed by atoms with Gasteiger partial charge in [-0.3, -0.25) is 9.69 Å². The van der Waals surface area contributed by atoms with Gasteiger partial charge in [0.05, 0.1) is 18.2 Å². The second-order valence-corrected chi connectivity index (χ2v) is 12.8. The summed E-state index contributed by atoms with van der Waals surface area (Å²) in [5, 5.41) is 0. The van der Waals surface area contributed by atoms with Crippen molar-refractivity contribution in [2.45, 2.75) is 70.5 Å². The fraction of sp³-hybridized carbons (Fsp3) is 0.500. The van der Waals surface area contributed by atoms with E-state index in [0.717, 1.165) is 9.80 Å². The van der Waals surface area contributed by atoms with Crippen LogP contribution in [-0.4, -0.2) is 50.4 Å². The number of carbonyl (C=O) groups is 2. The van der Waals surface area contributed by atoms with Crippen LogP contribution < -0.4 is 9.64 Å². The number of alkyl halides is 9. The molecule has 6 nitrogen and oxygen atoms in total. The number of nitrogens with zero attached hydrogens (tertiary/aromatic N) is 2. The Morgan fingerprint density at radius 3 is 2.09 bits per heavy atom. The largest absolute Gasteiger partial charge is 0.496 e. The second kappa shape index (κ2) is 12.3. The van der Waals surface area contributed by atoms with Crippen LogP contribution in [0.5, 0.6) is 5.75 Å². The summed E-state index contributed by atoms with van der Waals surface area (Å²) in [6.45, 7) is 4.45. The van der Waals surface area contributed by atoms with Crippen molar-refractivity contribution in [3.8, 4) is 5.75 Å². The number of carbonyl (C=O) groups excluding carboxylic acids is 2. The first-order valence-corrected chi connectivity index (χ1v) is 14.4. The van der Waals surface area contributed by atoms with Gasteiger partial charge in [0.2, 0.25) is 5.91 Å². The highest BCUT2D eigenvalue weighted by Crippen LogP contribution is 2.48. The molecule has 1 saturated heterocycles. The van der Waals surface area contributed by atoms with E-state index in [1.807, 2.05) is 13.8 Å². The van der Waals surface area contributed by atoms with Crippen LogP contribution in [0, 0.1) is 5.41 Å². The summed E-state index contributed by atoms with van der Waals surface area (Å²) in [6.07, 6.45) is -16.3. The Morgan fingerprint density at radius 1 is 0.957 bits per heavy atom. The zero-order valence-electron chi connectivity index (χ0n) is 26.1. The minimum atomic E-state index is -5.11. The first kappa shape index (κ1) is 35.9. The maximum atomic E-state index is 13.7. The second-order valence-electron chi connectivity index (χ2n) is 12.8. The van der Waals surface area contributed by atoms with Crippen molar-refractivity contribution < 1.29 is 58.6 Å². The molecular weight excluding hydrogens is 647 g/mol. The van der Waals surface area contributed by atoms with E-state index in [9.17, 15) is 49.1 Å². The van der Waals surface area contributed by atoms with Crippen molar-refractivity contribution in [1.82, 2.24) is 4.90 Å². The Balaban J connectivity index is 1.84. The Morgan fingerprint density at radius 2 is 1.55 bits per heavy atom. The monoisotopic (exact) mass is 680 g/mol. The van der Waals surface area contributed by atoms with Crippen LogP contribution in [-0.2, 0) is 27.4 Å². The lowest BCUT2D eigenvalue weighted by molar-refractivity contribution is -0.152. The maximum Gasteiger partial charge on any atom is 0.416 e. The third-order valence-electron chi connectivity index (χ3n) is 8.64. The average molecular weight is 681 g/mol. The highest BCUT2D eigenvalue weighted by Gasteiger charge is 2.48. The normalized spacial score (nSPS) is 20.4. The number of benzene rings is 2. The van der Waals surface area contributed by atoms with Crippen LogP contribution in [0.15, 0.2) is 42.0 Å². The standard InChI is InChI=1S/C32H33F9N2O4/c1-28(2)9-8-23(24-13-22(6-7-25(24)46-5)42(4)26(44)15-30(33,34)35)18(14-28)16-43-27(45)47-17-29(43,3)19-10-20(31(36,37)38)12-21(11-19)32(39,40)41/h6-7,10-13H,8-9,14-17H2,1-5H3. The molecule has 2 aromatic rings. The molecule has 2 aliphatic rings. The van der Waals surface area contributed by atoms with Crippen molar-refractivity contribution in [1.29, 1.82) is 0 Å². The minimum Gasteiger partial charge on any atom is -0.496 e. The van der Waals surface area contributed by atoms with Crippen LogP contribution in [0.4, 0.5) is 50.0 Å². The Hall–Kier alpha value is -3.91. The fourth-order valence-corrected chi connectivity index (χ4v) is 5.96. The minimum absolute atomic E-state index is 0.00879. The highest BCUT2D eigenvalue weighted by atomic mass is 19.4. The highest BCUT2D eigenvalue weighted by molar-refractivity contribution is 5.94. The molecule has 1 atom stereocenters. The van der Waals surface area contributed by atoms with E-state index in [4.69, 9.17) is 9.47 Å². The van der Waals surface area contributed by atoms with E-state index in [1.54, 1.807) is 0 Å². The predicted molar refractivity (Wildman–Crippen MR) is 153 cm³/mol. The fourth-order valence-electron chi connectivity index (χ4n) is 5.96. The molecule has 15 heteroatoms. The zero-order chi connectivity index (χ0) is 35.3. The predicted octanol–water partition coefficient (Wildman–Crippen LogP) is 8.98. The Labute approximate surface area is 265 Å². The van der Waals surface area contributed by atoms with Gasteiger partial charge in [0, 0.05) is 24.8 Å². The van der Waals surface area contributed by atoms with Crippen molar-refractivity contribution in [3.63, 3.8) is 0 Å². The number of allylic oxidation sites excluding steroid dienone is 1. The Bertz CT molecular complexity index is 1550. The maximum absolute atomic E-state index is 13.7. The molecule has 0 aromatic heterocycles. The third-order valence-corrected chi connectivity index (χ3v) is 8.64. The topological polar surface area (TPSA) is 59.1 Å². The molecule has 1 fully saturated rings. The van der Waals surface area contributed by atoms with Crippen LogP contribution in [0.3, 0.4) is 0 Å². The van der Waals surface area contributed by atoms with Crippen molar-refractivity contribution in [2.75, 3.05) is 32.2 Å². The number of cyclic esters (lactones) is 1. The summed E-state index contributed by atoms with van der Waals surface area (Å²) in [5.74, 6) is -0.903. The first-order valence-electron chi connectivity index (χ1n) is 14.4.